The topological polar surface area (TPSA) is 92.7 Å². The van der Waals surface area contributed by atoms with Crippen LogP contribution in [0.3, 0.4) is 0 Å². The molecule has 0 atom stereocenters. The Morgan fingerprint density at radius 2 is 1.90 bits per heavy atom. The minimum atomic E-state index is -3.44. The first kappa shape index (κ1) is 16.6. The second kappa shape index (κ2) is 7.37. The predicted molar refractivity (Wildman–Crippen MR) is 75.1 cm³/mol. The lowest BCUT2D eigenvalue weighted by molar-refractivity contribution is 0.0696. The average molecular weight is 301 g/mol. The van der Waals surface area contributed by atoms with E-state index in [-0.39, 0.29) is 24.0 Å². The van der Waals surface area contributed by atoms with E-state index in [2.05, 4.69) is 4.72 Å². The molecule has 7 heteroatoms. The summed E-state index contributed by atoms with van der Waals surface area (Å²) in [7, 11) is -3.44. The molecule has 1 aromatic carbocycles. The maximum atomic E-state index is 11.8. The lowest BCUT2D eigenvalue weighted by atomic mass is 10.1. The molecule has 1 rings (SSSR count). The van der Waals surface area contributed by atoms with Crippen molar-refractivity contribution in [3.05, 3.63) is 35.4 Å². The Balaban J connectivity index is 2.51. The van der Waals surface area contributed by atoms with Gasteiger partial charge in [0.2, 0.25) is 10.0 Å². The third-order valence-electron chi connectivity index (χ3n) is 2.43. The molecular formula is C13H19NO5S. The number of hydrogen-bond acceptors (Lipinski definition) is 4. The van der Waals surface area contributed by atoms with Crippen LogP contribution in [0.5, 0.6) is 0 Å². The van der Waals surface area contributed by atoms with Crippen LogP contribution in [0.2, 0.25) is 0 Å². The molecule has 6 nitrogen and oxygen atoms in total. The van der Waals surface area contributed by atoms with Gasteiger partial charge in [-0.2, -0.15) is 0 Å². The van der Waals surface area contributed by atoms with Gasteiger partial charge in [0.1, 0.15) is 0 Å². The lowest BCUT2D eigenvalue weighted by Crippen LogP contribution is -2.29. The van der Waals surface area contributed by atoms with Gasteiger partial charge in [-0.05, 0) is 31.5 Å². The molecule has 0 saturated heterocycles. The van der Waals surface area contributed by atoms with Gasteiger partial charge >= 0.3 is 5.97 Å². The van der Waals surface area contributed by atoms with E-state index in [1.165, 1.54) is 24.3 Å². The number of carboxylic acid groups (broad SMARTS) is 1. The number of nitrogens with one attached hydrogen (secondary N) is 1. The number of carbonyl (C=O) groups is 1. The van der Waals surface area contributed by atoms with Gasteiger partial charge in [0, 0.05) is 6.54 Å². The van der Waals surface area contributed by atoms with Gasteiger partial charge in [0.15, 0.2) is 0 Å². The zero-order valence-electron chi connectivity index (χ0n) is 11.5. The maximum absolute atomic E-state index is 11.8. The van der Waals surface area contributed by atoms with Crippen molar-refractivity contribution in [2.45, 2.75) is 25.7 Å². The molecule has 0 bridgehead atoms. The van der Waals surface area contributed by atoms with Crippen LogP contribution in [0.1, 0.15) is 29.8 Å². The quantitative estimate of drug-likeness (QED) is 0.704. The molecule has 20 heavy (non-hydrogen) atoms. The first-order valence-corrected chi connectivity index (χ1v) is 7.86. The first-order chi connectivity index (χ1) is 9.30. The third kappa shape index (κ3) is 6.14. The van der Waals surface area contributed by atoms with E-state index in [1.807, 2.05) is 13.8 Å². The minimum Gasteiger partial charge on any atom is -0.478 e. The van der Waals surface area contributed by atoms with Crippen LogP contribution in [-0.4, -0.2) is 38.7 Å². The highest BCUT2D eigenvalue weighted by atomic mass is 32.2. The molecule has 0 heterocycles. The van der Waals surface area contributed by atoms with Crippen LogP contribution in [0.15, 0.2) is 24.3 Å². The number of ether oxygens (including phenoxy) is 1. The largest absolute Gasteiger partial charge is 0.478 e. The van der Waals surface area contributed by atoms with Crippen molar-refractivity contribution in [1.29, 1.82) is 0 Å². The van der Waals surface area contributed by atoms with Gasteiger partial charge in [-0.3, -0.25) is 0 Å². The van der Waals surface area contributed by atoms with Gasteiger partial charge in [0.05, 0.1) is 24.0 Å². The molecule has 1 aromatic rings. The van der Waals surface area contributed by atoms with Crippen LogP contribution in [0.25, 0.3) is 0 Å². The molecule has 0 unspecified atom stereocenters. The Morgan fingerprint density at radius 3 is 2.40 bits per heavy atom. The van der Waals surface area contributed by atoms with Crippen molar-refractivity contribution in [3.63, 3.8) is 0 Å². The molecule has 2 N–H and O–H groups in total. The average Bonchev–Trinajstić information content (AvgIpc) is 2.34. The summed E-state index contributed by atoms with van der Waals surface area (Å²) < 4.78 is 31.2. The van der Waals surface area contributed by atoms with Crippen molar-refractivity contribution < 1.29 is 23.1 Å². The summed E-state index contributed by atoms with van der Waals surface area (Å²) in [5, 5.41) is 8.75. The van der Waals surface area contributed by atoms with Crippen LogP contribution in [-0.2, 0) is 20.5 Å². The Hall–Kier alpha value is -1.44. The summed E-state index contributed by atoms with van der Waals surface area (Å²) in [6, 6.07) is 5.75. The van der Waals surface area contributed by atoms with E-state index in [0.29, 0.717) is 12.2 Å². The van der Waals surface area contributed by atoms with Gasteiger partial charge in [0.25, 0.3) is 0 Å². The van der Waals surface area contributed by atoms with Gasteiger partial charge in [-0.25, -0.2) is 17.9 Å². The first-order valence-electron chi connectivity index (χ1n) is 6.21. The number of sulfonamides is 1. The van der Waals surface area contributed by atoms with E-state index in [0.717, 1.165) is 0 Å². The molecule has 0 amide bonds. The van der Waals surface area contributed by atoms with Crippen LogP contribution in [0, 0.1) is 0 Å². The number of rotatable bonds is 8. The number of carboxylic acids is 1. The standard InChI is InChI=1S/C13H19NO5S/c1-10(2)19-8-7-14-20(17,18)9-11-3-5-12(6-4-11)13(15)16/h3-6,10,14H,7-9H2,1-2H3,(H,15,16). The highest BCUT2D eigenvalue weighted by Crippen LogP contribution is 2.07. The van der Waals surface area contributed by atoms with Gasteiger partial charge in [-0.1, -0.05) is 12.1 Å². The molecule has 0 spiro atoms. The zero-order valence-corrected chi connectivity index (χ0v) is 12.3. The second-order valence-electron chi connectivity index (χ2n) is 4.58. The fourth-order valence-corrected chi connectivity index (χ4v) is 2.63. The molecule has 0 saturated carbocycles. The summed E-state index contributed by atoms with van der Waals surface area (Å²) >= 11 is 0. The summed E-state index contributed by atoms with van der Waals surface area (Å²) in [6.45, 7) is 4.28. The van der Waals surface area contributed by atoms with Gasteiger partial charge < -0.3 is 9.84 Å². The summed E-state index contributed by atoms with van der Waals surface area (Å²) in [5.74, 6) is -1.22. The minimum absolute atomic E-state index is 0.0584. The predicted octanol–water partition coefficient (Wildman–Crippen LogP) is 1.23. The fraction of sp³-hybridized carbons (Fsp3) is 0.462. The molecular weight excluding hydrogens is 282 g/mol. The normalized spacial score (nSPS) is 11.8. The van der Waals surface area contributed by atoms with Crippen LogP contribution >= 0.6 is 0 Å². The van der Waals surface area contributed by atoms with Crippen molar-refractivity contribution in [1.82, 2.24) is 4.72 Å². The van der Waals surface area contributed by atoms with E-state index in [1.54, 1.807) is 0 Å². The zero-order chi connectivity index (χ0) is 15.2. The lowest BCUT2D eigenvalue weighted by Gasteiger charge is -2.09. The maximum Gasteiger partial charge on any atom is 0.335 e. The summed E-state index contributed by atoms with van der Waals surface area (Å²) in [5.41, 5.74) is 0.664. The van der Waals surface area contributed by atoms with Gasteiger partial charge in [-0.15, -0.1) is 0 Å². The van der Waals surface area contributed by atoms with E-state index in [4.69, 9.17) is 9.84 Å². The third-order valence-corrected chi connectivity index (χ3v) is 3.79. The van der Waals surface area contributed by atoms with Crippen molar-refractivity contribution in [3.8, 4) is 0 Å². The monoisotopic (exact) mass is 301 g/mol. The molecule has 0 aliphatic heterocycles. The SMILES string of the molecule is CC(C)OCCNS(=O)(=O)Cc1ccc(C(=O)O)cc1. The number of hydrogen-bond donors (Lipinski definition) is 2. The summed E-state index contributed by atoms with van der Waals surface area (Å²) in [6.07, 6.45) is 0.0584. The fourth-order valence-electron chi connectivity index (χ4n) is 1.51. The molecule has 0 radical (unpaired) electrons. The Morgan fingerprint density at radius 1 is 1.30 bits per heavy atom. The second-order valence-corrected chi connectivity index (χ2v) is 6.38. The smallest absolute Gasteiger partial charge is 0.335 e. The number of aromatic carboxylic acids is 1. The van der Waals surface area contributed by atoms with Crippen molar-refractivity contribution in [2.75, 3.05) is 13.2 Å². The van der Waals surface area contributed by atoms with E-state index < -0.39 is 16.0 Å². The highest BCUT2D eigenvalue weighted by Gasteiger charge is 2.11. The Labute approximate surface area is 118 Å². The van der Waals surface area contributed by atoms with Crippen LogP contribution in [0.4, 0.5) is 0 Å². The number of benzene rings is 1. The van der Waals surface area contributed by atoms with Crippen molar-refractivity contribution >= 4 is 16.0 Å². The van der Waals surface area contributed by atoms with E-state index >= 15 is 0 Å². The molecule has 0 aliphatic rings. The molecule has 0 aliphatic carbocycles. The highest BCUT2D eigenvalue weighted by molar-refractivity contribution is 7.88. The Kier molecular flexibility index (Phi) is 6.12. The summed E-state index contributed by atoms with van der Waals surface area (Å²) in [4.78, 5) is 10.7. The van der Waals surface area contributed by atoms with Crippen molar-refractivity contribution in [2.24, 2.45) is 0 Å². The van der Waals surface area contributed by atoms with Crippen LogP contribution < -0.4 is 4.72 Å². The molecule has 112 valence electrons. The Bertz CT molecular complexity index is 536. The molecule has 0 fully saturated rings. The molecule has 0 aromatic heterocycles. The van der Waals surface area contributed by atoms with E-state index in [9.17, 15) is 13.2 Å².